The molecule has 0 fully saturated rings. The summed E-state index contributed by atoms with van der Waals surface area (Å²) in [5, 5.41) is 9.97. The first-order valence-corrected chi connectivity index (χ1v) is 9.75. The molecule has 1 atom stereocenters. The highest BCUT2D eigenvalue weighted by Gasteiger charge is 2.39. The lowest BCUT2D eigenvalue weighted by Gasteiger charge is -2.24. The second-order valence-corrected chi connectivity index (χ2v) is 7.62. The Morgan fingerprint density at radius 1 is 1.11 bits per heavy atom. The quantitative estimate of drug-likeness (QED) is 0.483. The van der Waals surface area contributed by atoms with Crippen molar-refractivity contribution in [3.05, 3.63) is 81.8 Å². The fraction of sp³-hybridized carbons (Fsp3) is 0.100. The Balaban J connectivity index is 1.68. The van der Waals surface area contributed by atoms with Gasteiger partial charge in [0.25, 0.3) is 0 Å². The zero-order chi connectivity index (χ0) is 18.4. The summed E-state index contributed by atoms with van der Waals surface area (Å²) >= 11 is 7.70. The normalized spacial score (nSPS) is 15.6. The molecule has 0 saturated carbocycles. The molecule has 0 bridgehead atoms. The van der Waals surface area contributed by atoms with E-state index >= 15 is 0 Å². The number of hydrazine groups is 1. The minimum atomic E-state index is -0.121. The van der Waals surface area contributed by atoms with Crippen LogP contribution in [0.3, 0.4) is 0 Å². The molecule has 5 rings (SSSR count). The summed E-state index contributed by atoms with van der Waals surface area (Å²) in [5.74, 6) is 0.640. The predicted molar refractivity (Wildman–Crippen MR) is 108 cm³/mol. The van der Waals surface area contributed by atoms with E-state index in [2.05, 4.69) is 15.6 Å². The summed E-state index contributed by atoms with van der Waals surface area (Å²) in [5.41, 5.74) is 8.24. The minimum Gasteiger partial charge on any atom is -0.336 e. The standard InChI is InChI=1S/C20H15ClN4OS/c1-12-11-27-20(22-12)25-18(14-7-9-15(21)10-8-14)16-17(24-26-19(16)23-25)13-5-3-2-4-6-13/h2-11,18,23H,1H3. The van der Waals surface area contributed by atoms with Gasteiger partial charge in [-0.3, -0.25) is 5.43 Å². The largest absolute Gasteiger partial charge is 0.336 e. The zero-order valence-corrected chi connectivity index (χ0v) is 16.0. The first kappa shape index (κ1) is 16.4. The third-order valence-corrected chi connectivity index (χ3v) is 5.74. The van der Waals surface area contributed by atoms with E-state index in [0.29, 0.717) is 10.9 Å². The number of benzene rings is 2. The minimum absolute atomic E-state index is 0.121. The van der Waals surface area contributed by atoms with Gasteiger partial charge in [-0.15, -0.1) is 11.3 Å². The van der Waals surface area contributed by atoms with Gasteiger partial charge >= 0.3 is 0 Å². The smallest absolute Gasteiger partial charge is 0.249 e. The number of nitrogens with zero attached hydrogens (tertiary/aromatic N) is 3. The van der Waals surface area contributed by atoms with E-state index in [9.17, 15) is 0 Å². The molecule has 0 amide bonds. The van der Waals surface area contributed by atoms with Crippen molar-refractivity contribution in [2.24, 2.45) is 0 Å². The van der Waals surface area contributed by atoms with E-state index in [1.54, 1.807) is 11.3 Å². The number of nitrogens with one attached hydrogen (secondary N) is 1. The molecule has 0 saturated heterocycles. The molecule has 0 spiro atoms. The molecule has 0 radical (unpaired) electrons. The summed E-state index contributed by atoms with van der Waals surface area (Å²) in [6, 6.07) is 17.8. The van der Waals surface area contributed by atoms with Gasteiger partial charge in [0.1, 0.15) is 11.7 Å². The highest BCUT2D eigenvalue weighted by Crippen LogP contribution is 2.47. The Hall–Kier alpha value is -2.83. The fourth-order valence-electron chi connectivity index (χ4n) is 3.31. The number of halogens is 1. The number of aromatic nitrogens is 2. The maximum atomic E-state index is 6.11. The SMILES string of the molecule is Cc1csc(N2Nc3onc(-c4ccccc4)c3C2c2ccc(Cl)cc2)n1. The van der Waals surface area contributed by atoms with Crippen LogP contribution >= 0.6 is 22.9 Å². The number of hydrogen-bond acceptors (Lipinski definition) is 6. The summed E-state index contributed by atoms with van der Waals surface area (Å²) < 4.78 is 5.64. The summed E-state index contributed by atoms with van der Waals surface area (Å²) in [4.78, 5) is 4.64. The van der Waals surface area contributed by atoms with Crippen LogP contribution in [0, 0.1) is 6.92 Å². The van der Waals surface area contributed by atoms with Crippen molar-refractivity contribution in [1.29, 1.82) is 0 Å². The van der Waals surface area contributed by atoms with Crippen molar-refractivity contribution in [2.75, 3.05) is 10.4 Å². The van der Waals surface area contributed by atoms with E-state index in [1.165, 1.54) is 0 Å². The van der Waals surface area contributed by atoms with Crippen molar-refractivity contribution in [3.8, 4) is 11.3 Å². The Labute approximate surface area is 165 Å². The molecule has 0 aliphatic carbocycles. The van der Waals surface area contributed by atoms with Gasteiger partial charge in [0.05, 0.1) is 11.3 Å². The second-order valence-electron chi connectivity index (χ2n) is 6.35. The van der Waals surface area contributed by atoms with Crippen molar-refractivity contribution >= 4 is 34.0 Å². The van der Waals surface area contributed by atoms with E-state index in [1.807, 2.05) is 71.9 Å². The van der Waals surface area contributed by atoms with Crippen LogP contribution in [0.25, 0.3) is 11.3 Å². The highest BCUT2D eigenvalue weighted by molar-refractivity contribution is 7.13. The van der Waals surface area contributed by atoms with Gasteiger partial charge in [-0.1, -0.05) is 59.2 Å². The van der Waals surface area contributed by atoms with Gasteiger partial charge in [0, 0.05) is 16.0 Å². The Bertz CT molecular complexity index is 1090. The van der Waals surface area contributed by atoms with Crippen LogP contribution in [0.15, 0.2) is 64.5 Å². The molecule has 1 aliphatic rings. The van der Waals surface area contributed by atoms with Crippen molar-refractivity contribution in [2.45, 2.75) is 13.0 Å². The molecule has 1 N–H and O–H groups in total. The lowest BCUT2D eigenvalue weighted by atomic mass is 9.96. The summed E-state index contributed by atoms with van der Waals surface area (Å²) in [6.45, 7) is 1.99. The molecule has 134 valence electrons. The maximum Gasteiger partial charge on any atom is 0.249 e. The monoisotopic (exact) mass is 394 g/mol. The van der Waals surface area contributed by atoms with Gasteiger partial charge in [-0.2, -0.15) is 0 Å². The van der Waals surface area contributed by atoms with Crippen LogP contribution < -0.4 is 10.4 Å². The zero-order valence-electron chi connectivity index (χ0n) is 14.4. The Kier molecular flexibility index (Phi) is 3.88. The first-order valence-electron chi connectivity index (χ1n) is 8.49. The molecule has 7 heteroatoms. The van der Waals surface area contributed by atoms with Gasteiger partial charge in [-0.05, 0) is 24.6 Å². The number of hydrogen-bond donors (Lipinski definition) is 1. The molecule has 2 aromatic carbocycles. The van der Waals surface area contributed by atoms with Crippen LogP contribution in [0.4, 0.5) is 11.0 Å². The van der Waals surface area contributed by atoms with Crippen LogP contribution in [0.5, 0.6) is 0 Å². The van der Waals surface area contributed by atoms with Crippen LogP contribution in [-0.2, 0) is 0 Å². The number of fused-ring (bicyclic) bond motifs is 1. The summed E-state index contributed by atoms with van der Waals surface area (Å²) in [6.07, 6.45) is 0. The molecule has 4 aromatic rings. The number of aryl methyl sites for hydroxylation is 1. The van der Waals surface area contributed by atoms with Crippen LogP contribution in [-0.4, -0.2) is 10.1 Å². The Morgan fingerprint density at radius 2 is 1.89 bits per heavy atom. The molecule has 2 aromatic heterocycles. The predicted octanol–water partition coefficient (Wildman–Crippen LogP) is 5.70. The average molecular weight is 395 g/mol. The highest BCUT2D eigenvalue weighted by atomic mass is 35.5. The number of rotatable bonds is 3. The topological polar surface area (TPSA) is 54.2 Å². The van der Waals surface area contributed by atoms with Gasteiger partial charge in [0.2, 0.25) is 11.0 Å². The molecular formula is C20H15ClN4OS. The van der Waals surface area contributed by atoms with E-state index < -0.39 is 0 Å². The molecule has 27 heavy (non-hydrogen) atoms. The fourth-order valence-corrected chi connectivity index (χ4v) is 4.23. The van der Waals surface area contributed by atoms with Crippen LogP contribution in [0.2, 0.25) is 5.02 Å². The Morgan fingerprint density at radius 3 is 2.59 bits per heavy atom. The second kappa shape index (κ2) is 6.40. The molecule has 5 nitrogen and oxygen atoms in total. The van der Waals surface area contributed by atoms with E-state index in [4.69, 9.17) is 16.1 Å². The average Bonchev–Trinajstić information content (AvgIpc) is 3.38. The van der Waals surface area contributed by atoms with E-state index in [0.717, 1.165) is 33.2 Å². The van der Waals surface area contributed by atoms with Crippen molar-refractivity contribution < 1.29 is 4.52 Å². The number of anilines is 2. The lowest BCUT2D eigenvalue weighted by molar-refractivity contribution is 0.435. The lowest BCUT2D eigenvalue weighted by Crippen LogP contribution is -2.28. The molecule has 1 aliphatic heterocycles. The third-order valence-electron chi connectivity index (χ3n) is 4.53. The molecular weight excluding hydrogens is 380 g/mol. The summed E-state index contributed by atoms with van der Waals surface area (Å²) in [7, 11) is 0. The van der Waals surface area contributed by atoms with Crippen LogP contribution in [0.1, 0.15) is 22.9 Å². The van der Waals surface area contributed by atoms with Crippen molar-refractivity contribution in [3.63, 3.8) is 0 Å². The molecule has 1 unspecified atom stereocenters. The van der Waals surface area contributed by atoms with E-state index in [-0.39, 0.29) is 6.04 Å². The van der Waals surface area contributed by atoms with Gasteiger partial charge in [-0.25, -0.2) is 9.99 Å². The van der Waals surface area contributed by atoms with Gasteiger partial charge in [0.15, 0.2) is 0 Å². The third kappa shape index (κ3) is 2.78. The molecule has 3 heterocycles. The van der Waals surface area contributed by atoms with Crippen molar-refractivity contribution in [1.82, 2.24) is 10.1 Å². The first-order chi connectivity index (χ1) is 13.2. The van der Waals surface area contributed by atoms with Gasteiger partial charge < -0.3 is 4.52 Å². The number of thiazole rings is 1. The maximum absolute atomic E-state index is 6.11.